The van der Waals surface area contributed by atoms with E-state index in [9.17, 15) is 0 Å². The summed E-state index contributed by atoms with van der Waals surface area (Å²) < 4.78 is 0. The van der Waals surface area contributed by atoms with E-state index >= 15 is 0 Å². The molecule has 0 bridgehead atoms. The van der Waals surface area contributed by atoms with Crippen molar-refractivity contribution < 1.29 is 0 Å². The average Bonchev–Trinajstić information content (AvgIpc) is 2.02. The van der Waals surface area contributed by atoms with Crippen LogP contribution in [0.25, 0.3) is 6.08 Å². The second-order valence-corrected chi connectivity index (χ2v) is 3.41. The lowest BCUT2D eigenvalue weighted by molar-refractivity contribution is 1.30. The van der Waals surface area contributed by atoms with E-state index in [1.165, 1.54) is 22.3 Å². The molecule has 0 saturated heterocycles. The van der Waals surface area contributed by atoms with Crippen molar-refractivity contribution in [3.05, 3.63) is 53.1 Å². The van der Waals surface area contributed by atoms with Gasteiger partial charge >= 0.3 is 0 Å². The monoisotopic (exact) mass is 172 g/mol. The first-order chi connectivity index (χ1) is 6.15. The maximum absolute atomic E-state index is 3.67. The third kappa shape index (κ3) is 2.32. The summed E-state index contributed by atoms with van der Waals surface area (Å²) in [6.07, 6.45) is 5.89. The van der Waals surface area contributed by atoms with Gasteiger partial charge in [0.2, 0.25) is 0 Å². The SMILES string of the molecule is C=CC=Cc1c(C)cc(C)cc1C. The van der Waals surface area contributed by atoms with E-state index in [0.717, 1.165) is 0 Å². The van der Waals surface area contributed by atoms with E-state index in [0.29, 0.717) is 0 Å². The highest BCUT2D eigenvalue weighted by atomic mass is 14.0. The summed E-state index contributed by atoms with van der Waals surface area (Å²) in [5, 5.41) is 0. The van der Waals surface area contributed by atoms with Crippen LogP contribution in [-0.2, 0) is 0 Å². The molecule has 0 N–H and O–H groups in total. The molecule has 68 valence electrons. The predicted octanol–water partition coefficient (Wildman–Crippen LogP) is 3.81. The summed E-state index contributed by atoms with van der Waals surface area (Å²) in [5.41, 5.74) is 5.29. The lowest BCUT2D eigenvalue weighted by atomic mass is 9.99. The molecular formula is C13H16. The van der Waals surface area contributed by atoms with Gasteiger partial charge in [-0.05, 0) is 37.5 Å². The second-order valence-electron chi connectivity index (χ2n) is 3.41. The smallest absolute Gasteiger partial charge is 0.0198 e. The molecule has 0 amide bonds. The molecule has 0 atom stereocenters. The first-order valence-corrected chi connectivity index (χ1v) is 4.52. The van der Waals surface area contributed by atoms with Crippen LogP contribution in [0.5, 0.6) is 0 Å². The first-order valence-electron chi connectivity index (χ1n) is 4.52. The Morgan fingerprint density at radius 1 is 1.08 bits per heavy atom. The van der Waals surface area contributed by atoms with Gasteiger partial charge in [-0.1, -0.05) is 42.5 Å². The van der Waals surface area contributed by atoms with Gasteiger partial charge in [-0.3, -0.25) is 0 Å². The maximum Gasteiger partial charge on any atom is -0.0198 e. The fourth-order valence-electron chi connectivity index (χ4n) is 1.62. The van der Waals surface area contributed by atoms with Crippen LogP contribution in [0, 0.1) is 20.8 Å². The normalized spacial score (nSPS) is 10.7. The minimum absolute atomic E-state index is 1.31. The summed E-state index contributed by atoms with van der Waals surface area (Å²) in [7, 11) is 0. The minimum Gasteiger partial charge on any atom is -0.0991 e. The van der Waals surface area contributed by atoms with Gasteiger partial charge in [-0.15, -0.1) is 0 Å². The van der Waals surface area contributed by atoms with Crippen molar-refractivity contribution in [2.75, 3.05) is 0 Å². The summed E-state index contributed by atoms with van der Waals surface area (Å²) in [4.78, 5) is 0. The molecule has 1 aromatic rings. The Morgan fingerprint density at radius 3 is 2.08 bits per heavy atom. The summed E-state index contributed by atoms with van der Waals surface area (Å²) in [6, 6.07) is 4.41. The van der Waals surface area contributed by atoms with Crippen molar-refractivity contribution in [1.82, 2.24) is 0 Å². The molecular weight excluding hydrogens is 156 g/mol. The molecule has 1 rings (SSSR count). The molecule has 1 aromatic carbocycles. The van der Waals surface area contributed by atoms with E-state index < -0.39 is 0 Å². The zero-order valence-corrected chi connectivity index (χ0v) is 8.59. The fraction of sp³-hybridized carbons (Fsp3) is 0.231. The molecule has 0 nitrogen and oxygen atoms in total. The van der Waals surface area contributed by atoms with Gasteiger partial charge in [0.1, 0.15) is 0 Å². The molecule has 0 spiro atoms. The second kappa shape index (κ2) is 4.08. The van der Waals surface area contributed by atoms with Gasteiger partial charge < -0.3 is 0 Å². The number of hydrogen-bond donors (Lipinski definition) is 0. The summed E-state index contributed by atoms with van der Waals surface area (Å²) >= 11 is 0. The van der Waals surface area contributed by atoms with Crippen molar-refractivity contribution >= 4 is 6.08 Å². The highest BCUT2D eigenvalue weighted by Gasteiger charge is 1.98. The van der Waals surface area contributed by atoms with E-state index in [4.69, 9.17) is 0 Å². The lowest BCUT2D eigenvalue weighted by Gasteiger charge is -2.06. The zero-order valence-electron chi connectivity index (χ0n) is 8.59. The fourth-order valence-corrected chi connectivity index (χ4v) is 1.62. The molecule has 0 unspecified atom stereocenters. The van der Waals surface area contributed by atoms with Gasteiger partial charge in [-0.2, -0.15) is 0 Å². The molecule has 0 radical (unpaired) electrons. The highest BCUT2D eigenvalue weighted by Crippen LogP contribution is 2.17. The van der Waals surface area contributed by atoms with E-state index in [2.05, 4.69) is 45.6 Å². The highest BCUT2D eigenvalue weighted by molar-refractivity contribution is 5.59. The average molecular weight is 172 g/mol. The van der Waals surface area contributed by atoms with Gasteiger partial charge in [0, 0.05) is 0 Å². The topological polar surface area (TPSA) is 0 Å². The van der Waals surface area contributed by atoms with Crippen LogP contribution in [0.15, 0.2) is 30.9 Å². The molecule has 0 heterocycles. The van der Waals surface area contributed by atoms with E-state index in [-0.39, 0.29) is 0 Å². The largest absolute Gasteiger partial charge is 0.0991 e. The van der Waals surface area contributed by atoms with Crippen LogP contribution < -0.4 is 0 Å². The van der Waals surface area contributed by atoms with Crippen molar-refractivity contribution in [1.29, 1.82) is 0 Å². The van der Waals surface area contributed by atoms with Crippen LogP contribution in [0.2, 0.25) is 0 Å². The molecule has 0 aliphatic rings. The van der Waals surface area contributed by atoms with Crippen molar-refractivity contribution in [2.24, 2.45) is 0 Å². The molecule has 13 heavy (non-hydrogen) atoms. The summed E-state index contributed by atoms with van der Waals surface area (Å²) in [6.45, 7) is 10.1. The number of allylic oxidation sites excluding steroid dienone is 2. The van der Waals surface area contributed by atoms with Crippen LogP contribution >= 0.6 is 0 Å². The Morgan fingerprint density at radius 2 is 1.62 bits per heavy atom. The van der Waals surface area contributed by atoms with Gasteiger partial charge in [0.25, 0.3) is 0 Å². The Balaban J connectivity index is 3.20. The molecule has 0 aliphatic carbocycles. The molecule has 0 aromatic heterocycles. The molecule has 0 saturated carbocycles. The quantitative estimate of drug-likeness (QED) is 0.595. The minimum atomic E-state index is 1.31. The number of aryl methyl sites for hydroxylation is 3. The van der Waals surface area contributed by atoms with Gasteiger partial charge in [0.05, 0.1) is 0 Å². The van der Waals surface area contributed by atoms with Crippen molar-refractivity contribution in [3.63, 3.8) is 0 Å². The molecule has 0 fully saturated rings. The lowest BCUT2D eigenvalue weighted by Crippen LogP contribution is -1.87. The van der Waals surface area contributed by atoms with Crippen LogP contribution in [0.4, 0.5) is 0 Å². The number of rotatable bonds is 2. The molecule has 0 heteroatoms. The Hall–Kier alpha value is -1.30. The summed E-state index contributed by atoms with van der Waals surface area (Å²) in [5.74, 6) is 0. The molecule has 0 aliphatic heterocycles. The van der Waals surface area contributed by atoms with Crippen LogP contribution in [0.3, 0.4) is 0 Å². The number of hydrogen-bond acceptors (Lipinski definition) is 0. The van der Waals surface area contributed by atoms with Gasteiger partial charge in [-0.25, -0.2) is 0 Å². The van der Waals surface area contributed by atoms with Crippen molar-refractivity contribution in [3.8, 4) is 0 Å². The van der Waals surface area contributed by atoms with E-state index in [1.54, 1.807) is 6.08 Å². The maximum atomic E-state index is 3.67. The third-order valence-electron chi connectivity index (χ3n) is 2.14. The van der Waals surface area contributed by atoms with E-state index in [1.807, 2.05) is 6.08 Å². The predicted molar refractivity (Wildman–Crippen MR) is 59.9 cm³/mol. The third-order valence-corrected chi connectivity index (χ3v) is 2.14. The Kier molecular flexibility index (Phi) is 3.07. The Labute approximate surface area is 80.6 Å². The van der Waals surface area contributed by atoms with Crippen LogP contribution in [-0.4, -0.2) is 0 Å². The standard InChI is InChI=1S/C13H16/c1-5-6-7-13-11(3)8-10(2)9-12(13)4/h5-9H,1H2,2-4H3. The van der Waals surface area contributed by atoms with Gasteiger partial charge in [0.15, 0.2) is 0 Å². The number of benzene rings is 1. The Bertz CT molecular complexity index is 320. The van der Waals surface area contributed by atoms with Crippen molar-refractivity contribution in [2.45, 2.75) is 20.8 Å². The first kappa shape index (κ1) is 9.79. The zero-order chi connectivity index (χ0) is 9.84. The van der Waals surface area contributed by atoms with Crippen LogP contribution in [0.1, 0.15) is 22.3 Å².